The number of hydrogen-bond acceptors (Lipinski definition) is 2. The van der Waals surface area contributed by atoms with Crippen LogP contribution in [0.2, 0.25) is 0 Å². The predicted octanol–water partition coefficient (Wildman–Crippen LogP) is 7.21. The average Bonchev–Trinajstić information content (AvgIpc) is 2.63. The molecule has 0 aromatic heterocycles. The first kappa shape index (κ1) is 24.4. The van der Waals surface area contributed by atoms with Crippen molar-refractivity contribution in [3.8, 4) is 5.75 Å². The minimum Gasteiger partial charge on any atom is -0.327 e. The van der Waals surface area contributed by atoms with Gasteiger partial charge in [-0.15, -0.1) is 4.65 Å². The fraction of sp³-hybridized carbons (Fsp3) is 0.556. The van der Waals surface area contributed by atoms with Gasteiger partial charge in [-0.2, -0.15) is 0 Å². The van der Waals surface area contributed by atoms with E-state index in [2.05, 4.69) is 80.5 Å². The molecule has 0 aliphatic carbocycles. The number of rotatable bonds is 9. The zero-order valence-electron chi connectivity index (χ0n) is 20.6. The molecule has 2 aromatic rings. The van der Waals surface area contributed by atoms with Crippen molar-refractivity contribution >= 4 is 0 Å². The molecule has 0 amide bonds. The van der Waals surface area contributed by atoms with Crippen LogP contribution < -0.4 is 4.84 Å². The summed E-state index contributed by atoms with van der Waals surface area (Å²) in [7, 11) is 0. The van der Waals surface area contributed by atoms with Gasteiger partial charge >= 0.3 is 0 Å². The Hall–Kier alpha value is -1.84. The van der Waals surface area contributed by atoms with Crippen molar-refractivity contribution < 1.29 is 14.2 Å². The van der Waals surface area contributed by atoms with Gasteiger partial charge in [-0.25, -0.2) is 0 Å². The molecule has 0 bridgehead atoms. The molecule has 2 aromatic carbocycles. The largest absolute Gasteiger partial charge is 0.327 e. The highest BCUT2D eigenvalue weighted by Gasteiger charge is 2.54. The van der Waals surface area contributed by atoms with Gasteiger partial charge in [-0.3, -0.25) is 0 Å². The molecule has 0 spiro atoms. The highest BCUT2D eigenvalue weighted by Crippen LogP contribution is 2.41. The molecule has 0 aliphatic heterocycles. The van der Waals surface area contributed by atoms with Crippen molar-refractivity contribution in [2.45, 2.75) is 87.0 Å². The van der Waals surface area contributed by atoms with Gasteiger partial charge in [0.1, 0.15) is 12.1 Å². The Bertz CT molecular complexity index is 807. The number of nitrogens with zero attached hydrogens (tertiary/aromatic N) is 1. The van der Waals surface area contributed by atoms with Crippen LogP contribution in [0.4, 0.5) is 0 Å². The Morgan fingerprint density at radius 3 is 2.10 bits per heavy atom. The highest BCUT2D eigenvalue weighted by molar-refractivity contribution is 5.32. The minimum atomic E-state index is -0.196. The molecule has 3 nitrogen and oxygen atoms in total. The van der Waals surface area contributed by atoms with Gasteiger partial charge < -0.3 is 9.57 Å². The van der Waals surface area contributed by atoms with Crippen LogP contribution in [0.3, 0.4) is 0 Å². The second-order valence-corrected chi connectivity index (χ2v) is 10.3. The van der Waals surface area contributed by atoms with Gasteiger partial charge in [0, 0.05) is 18.9 Å². The van der Waals surface area contributed by atoms with Crippen molar-refractivity contribution in [2.24, 2.45) is 5.41 Å². The Labute approximate surface area is 184 Å². The maximum absolute atomic E-state index is 6.94. The molecular formula is C27H42NO2+. The van der Waals surface area contributed by atoms with E-state index in [9.17, 15) is 0 Å². The van der Waals surface area contributed by atoms with Crippen molar-refractivity contribution in [3.63, 3.8) is 0 Å². The van der Waals surface area contributed by atoms with Gasteiger partial charge in [0.15, 0.2) is 5.75 Å². The summed E-state index contributed by atoms with van der Waals surface area (Å²) in [6, 6.07) is 16.7. The second kappa shape index (κ2) is 9.53. The fourth-order valence-corrected chi connectivity index (χ4v) is 4.76. The number of benzene rings is 2. The van der Waals surface area contributed by atoms with Crippen LogP contribution in [0.25, 0.3) is 0 Å². The Morgan fingerprint density at radius 2 is 1.53 bits per heavy atom. The molecule has 0 saturated carbocycles. The van der Waals surface area contributed by atoms with Gasteiger partial charge in [0.25, 0.3) is 0 Å². The zero-order chi connectivity index (χ0) is 22.6. The van der Waals surface area contributed by atoms with E-state index in [1.54, 1.807) is 0 Å². The molecule has 0 fully saturated rings. The second-order valence-electron chi connectivity index (χ2n) is 10.3. The minimum absolute atomic E-state index is 0.132. The normalized spacial score (nSPS) is 15.5. The first-order chi connectivity index (χ1) is 13.9. The van der Waals surface area contributed by atoms with Crippen molar-refractivity contribution in [2.75, 3.05) is 6.61 Å². The number of hydroxylamine groups is 3. The molecule has 0 N–H and O–H groups in total. The summed E-state index contributed by atoms with van der Waals surface area (Å²) >= 11 is 0. The topological polar surface area (TPSA) is 18.5 Å². The van der Waals surface area contributed by atoms with Crippen molar-refractivity contribution in [3.05, 3.63) is 65.2 Å². The van der Waals surface area contributed by atoms with Crippen LogP contribution in [-0.2, 0) is 11.3 Å². The Morgan fingerprint density at radius 1 is 0.900 bits per heavy atom. The van der Waals surface area contributed by atoms with Crippen LogP contribution >= 0.6 is 0 Å². The summed E-state index contributed by atoms with van der Waals surface area (Å²) in [5.41, 5.74) is 3.90. The molecule has 166 valence electrons. The predicted molar refractivity (Wildman–Crippen MR) is 126 cm³/mol. The molecule has 3 heteroatoms. The Kier molecular flexibility index (Phi) is 7.76. The smallest absolute Gasteiger partial charge is 0.229 e. The molecular weight excluding hydrogens is 370 g/mol. The summed E-state index contributed by atoms with van der Waals surface area (Å²) in [6.07, 6.45) is 0.863. The van der Waals surface area contributed by atoms with E-state index in [0.29, 0.717) is 11.3 Å². The lowest BCUT2D eigenvalue weighted by Gasteiger charge is -2.51. The van der Waals surface area contributed by atoms with E-state index >= 15 is 0 Å². The molecule has 0 radical (unpaired) electrons. The van der Waals surface area contributed by atoms with E-state index in [0.717, 1.165) is 18.7 Å². The molecule has 30 heavy (non-hydrogen) atoms. The number of aryl methyl sites for hydroxylation is 1. The van der Waals surface area contributed by atoms with Crippen LogP contribution in [0, 0.1) is 19.3 Å². The molecule has 2 unspecified atom stereocenters. The third-order valence-corrected chi connectivity index (χ3v) is 6.12. The van der Waals surface area contributed by atoms with Gasteiger partial charge in [-0.05, 0) is 63.3 Å². The molecule has 0 aliphatic rings. The lowest BCUT2D eigenvalue weighted by atomic mass is 9.80. The highest BCUT2D eigenvalue weighted by atomic mass is 16.8. The molecule has 0 heterocycles. The molecule has 2 rings (SSSR count). The number of para-hydroxylation sites is 1. The monoisotopic (exact) mass is 412 g/mol. The van der Waals surface area contributed by atoms with E-state index in [-0.39, 0.29) is 17.2 Å². The van der Waals surface area contributed by atoms with Gasteiger partial charge in [-0.1, -0.05) is 57.2 Å². The third kappa shape index (κ3) is 5.65. The first-order valence-electron chi connectivity index (χ1n) is 11.2. The Balaban J connectivity index is 2.67. The number of ether oxygens (including phenoxy) is 1. The lowest BCUT2D eigenvalue weighted by molar-refractivity contribution is -1.15. The van der Waals surface area contributed by atoms with Gasteiger partial charge in [0.05, 0.1) is 6.61 Å². The average molecular weight is 413 g/mol. The molecule has 0 saturated heterocycles. The summed E-state index contributed by atoms with van der Waals surface area (Å²) < 4.78 is 6.65. The van der Waals surface area contributed by atoms with Crippen LogP contribution in [0.5, 0.6) is 5.75 Å². The quantitative estimate of drug-likeness (QED) is 0.246. The maximum atomic E-state index is 6.94. The standard InChI is InChI=1S/C27H42NO2/c1-10-29-23(4)28(27(8,9)20-26(5,6)7,30-25-17-12-11-13-18-25)19-24-16-14-15-21(2)22(24)3/h11-18,23H,10,19-20H2,1-9H3/q+1. The van der Waals surface area contributed by atoms with E-state index in [1.807, 2.05) is 30.3 Å². The summed E-state index contributed by atoms with van der Waals surface area (Å²) in [5, 5.41) is 0. The summed E-state index contributed by atoms with van der Waals surface area (Å²) in [4.78, 5) is 6.94. The number of quaternary nitrogens is 1. The van der Waals surface area contributed by atoms with Crippen LogP contribution in [0.1, 0.15) is 71.6 Å². The molecule has 2 atom stereocenters. The summed E-state index contributed by atoms with van der Waals surface area (Å²) in [6.45, 7) is 21.5. The van der Waals surface area contributed by atoms with Gasteiger partial charge in [0.2, 0.25) is 6.23 Å². The first-order valence-corrected chi connectivity index (χ1v) is 11.2. The fourth-order valence-electron chi connectivity index (χ4n) is 4.76. The third-order valence-electron chi connectivity index (χ3n) is 6.12. The van der Waals surface area contributed by atoms with Crippen LogP contribution in [0.15, 0.2) is 48.5 Å². The maximum Gasteiger partial charge on any atom is 0.229 e. The summed E-state index contributed by atoms with van der Waals surface area (Å²) in [5.74, 6) is 0.872. The zero-order valence-corrected chi connectivity index (χ0v) is 20.6. The van der Waals surface area contributed by atoms with Crippen LogP contribution in [-0.4, -0.2) is 23.0 Å². The van der Waals surface area contributed by atoms with Crippen molar-refractivity contribution in [1.82, 2.24) is 0 Å². The SMILES string of the molecule is CCOC(C)[N+](Cc1cccc(C)c1C)(Oc1ccccc1)C(C)(C)CC(C)(C)C. The van der Waals surface area contributed by atoms with E-state index < -0.39 is 0 Å². The van der Waals surface area contributed by atoms with E-state index in [1.165, 1.54) is 16.7 Å². The number of hydrogen-bond donors (Lipinski definition) is 0. The van der Waals surface area contributed by atoms with Crippen molar-refractivity contribution in [1.29, 1.82) is 0 Å². The van der Waals surface area contributed by atoms with E-state index in [4.69, 9.17) is 9.57 Å². The lowest BCUT2D eigenvalue weighted by Crippen LogP contribution is -2.68.